The van der Waals surface area contributed by atoms with E-state index < -0.39 is 22.8 Å². The van der Waals surface area contributed by atoms with E-state index in [0.29, 0.717) is 23.9 Å². The average molecular weight is 701 g/mol. The van der Waals surface area contributed by atoms with Crippen molar-refractivity contribution in [2.75, 3.05) is 10.2 Å². The molecule has 0 saturated heterocycles. The molecule has 1 aromatic heterocycles. The Morgan fingerprint density at radius 1 is 0.979 bits per heavy atom. The van der Waals surface area contributed by atoms with Gasteiger partial charge in [0.25, 0.3) is 17.4 Å². The van der Waals surface area contributed by atoms with Gasteiger partial charge in [-0.2, -0.15) is 4.98 Å². The van der Waals surface area contributed by atoms with E-state index >= 15 is 0 Å². The second-order valence-corrected chi connectivity index (χ2v) is 21.3. The van der Waals surface area contributed by atoms with Crippen molar-refractivity contribution >= 4 is 61.8 Å². The van der Waals surface area contributed by atoms with E-state index in [1.54, 1.807) is 12.3 Å². The van der Waals surface area contributed by atoms with Crippen LogP contribution in [0.3, 0.4) is 0 Å². The quantitative estimate of drug-likeness (QED) is 0.161. The molecule has 2 saturated carbocycles. The van der Waals surface area contributed by atoms with E-state index in [2.05, 4.69) is 91.7 Å². The maximum absolute atomic E-state index is 14.2. The van der Waals surface area contributed by atoms with Crippen LogP contribution in [0, 0.1) is 6.92 Å². The molecule has 0 bridgehead atoms. The molecule has 0 unspecified atom stereocenters. The number of carbonyl (C=O) groups excluding carboxylic acids is 1. The van der Waals surface area contributed by atoms with Gasteiger partial charge in [-0.05, 0) is 78.6 Å². The second-order valence-electron chi connectivity index (χ2n) is 14.5. The standard InChI is InChI=1S/C37H41ClN4O4SSi/c1-25-18-19-28(47(38,44)45)23-32(25)40-35-39-24-31-33(41-35)42(34(43)37(31)20-21-37)26-12-11-13-27(22-26)46-48(36(2,3)4,29-14-7-5-8-15-29)30-16-9-6-10-17-30/h5-10,14-19,23-24,26-27H,11-13,20-22H2,1-4H3,(H,39,40,41)/t26-,27-/m1/s1. The number of nitrogens with zero attached hydrogens (tertiary/aromatic N) is 3. The number of amides is 1. The number of rotatable bonds is 8. The van der Waals surface area contributed by atoms with Crippen LogP contribution in [-0.4, -0.2) is 44.8 Å². The third-order valence-corrected chi connectivity index (χ3v) is 16.8. The number of fused-ring (bicyclic) bond motifs is 2. The highest BCUT2D eigenvalue weighted by Crippen LogP contribution is 2.58. The van der Waals surface area contributed by atoms with Crippen LogP contribution in [0.25, 0.3) is 0 Å². The van der Waals surface area contributed by atoms with Crippen LogP contribution in [-0.2, 0) is 23.7 Å². The molecule has 11 heteroatoms. The van der Waals surface area contributed by atoms with Crippen molar-refractivity contribution in [3.05, 3.63) is 96.2 Å². The monoisotopic (exact) mass is 700 g/mol. The van der Waals surface area contributed by atoms with Crippen LogP contribution in [0.2, 0.25) is 5.04 Å². The third kappa shape index (κ3) is 5.66. The highest BCUT2D eigenvalue weighted by molar-refractivity contribution is 8.13. The minimum atomic E-state index is -3.92. The average Bonchev–Trinajstić information content (AvgIpc) is 3.83. The van der Waals surface area contributed by atoms with Gasteiger partial charge in [0.1, 0.15) is 5.82 Å². The number of hydrogen-bond donors (Lipinski definition) is 1. The number of anilines is 3. The summed E-state index contributed by atoms with van der Waals surface area (Å²) in [6.07, 6.45) is 6.75. The fourth-order valence-corrected chi connectivity index (χ4v) is 13.3. The molecule has 2 aliphatic carbocycles. The van der Waals surface area contributed by atoms with Gasteiger partial charge in [0.2, 0.25) is 11.9 Å². The minimum Gasteiger partial charge on any atom is -0.404 e. The molecule has 1 aliphatic heterocycles. The first-order valence-corrected chi connectivity index (χ1v) is 20.9. The van der Waals surface area contributed by atoms with E-state index in [1.807, 2.05) is 11.8 Å². The first kappa shape index (κ1) is 32.9. The molecule has 1 amide bonds. The maximum atomic E-state index is 14.2. The Bertz CT molecular complexity index is 1930. The largest absolute Gasteiger partial charge is 0.404 e. The van der Waals surface area contributed by atoms with E-state index in [4.69, 9.17) is 20.1 Å². The van der Waals surface area contributed by atoms with Crippen LogP contribution < -0.4 is 20.6 Å². The fraction of sp³-hybridized carbons (Fsp3) is 0.378. The summed E-state index contributed by atoms with van der Waals surface area (Å²) in [5.74, 6) is 1.05. The zero-order chi connectivity index (χ0) is 33.9. The number of nitrogens with one attached hydrogen (secondary N) is 1. The summed E-state index contributed by atoms with van der Waals surface area (Å²) < 4.78 is 31.6. The SMILES string of the molecule is Cc1ccc(S(=O)(=O)Cl)cc1Nc1ncc2c(n1)N([C@@H]1CCC[C@@H](O[Si](c3ccccc3)(c3ccccc3)C(C)(C)C)C1)C(=O)C21CC1. The van der Waals surface area contributed by atoms with Gasteiger partial charge in [-0.15, -0.1) is 0 Å². The molecule has 1 spiro atoms. The van der Waals surface area contributed by atoms with Crippen LogP contribution in [0.4, 0.5) is 17.5 Å². The summed E-state index contributed by atoms with van der Waals surface area (Å²) in [7, 11) is -1.06. The molecule has 3 aromatic carbocycles. The minimum absolute atomic E-state index is 0.0127. The van der Waals surface area contributed by atoms with Crippen molar-refractivity contribution in [2.24, 2.45) is 0 Å². The van der Waals surface area contributed by atoms with Crippen LogP contribution in [0.15, 0.2) is 90.0 Å². The van der Waals surface area contributed by atoms with Gasteiger partial charge in [0, 0.05) is 40.3 Å². The number of halogens is 1. The van der Waals surface area contributed by atoms with E-state index in [9.17, 15) is 13.2 Å². The van der Waals surface area contributed by atoms with Gasteiger partial charge in [-0.3, -0.25) is 9.69 Å². The number of aromatic nitrogens is 2. The maximum Gasteiger partial charge on any atom is 0.261 e. The molecule has 2 atom stereocenters. The first-order valence-electron chi connectivity index (χ1n) is 16.7. The van der Waals surface area contributed by atoms with Crippen LogP contribution >= 0.6 is 10.7 Å². The van der Waals surface area contributed by atoms with Gasteiger partial charge >= 0.3 is 0 Å². The van der Waals surface area contributed by atoms with Gasteiger partial charge in [-0.25, -0.2) is 13.4 Å². The lowest BCUT2D eigenvalue weighted by atomic mass is 9.92. The lowest BCUT2D eigenvalue weighted by Crippen LogP contribution is -2.68. The lowest BCUT2D eigenvalue weighted by Gasteiger charge is -2.47. The molecule has 3 aliphatic rings. The molecule has 250 valence electrons. The Balaban J connectivity index is 1.22. The number of aryl methyl sites for hydroxylation is 1. The summed E-state index contributed by atoms with van der Waals surface area (Å²) in [5, 5.41) is 5.53. The Morgan fingerprint density at radius 3 is 2.21 bits per heavy atom. The van der Waals surface area contributed by atoms with Crippen molar-refractivity contribution in [2.45, 2.75) is 93.7 Å². The van der Waals surface area contributed by atoms with Crippen molar-refractivity contribution in [1.82, 2.24) is 9.97 Å². The summed E-state index contributed by atoms with van der Waals surface area (Å²) >= 11 is 0. The molecule has 8 nitrogen and oxygen atoms in total. The predicted octanol–water partition coefficient (Wildman–Crippen LogP) is 6.72. The molecule has 7 rings (SSSR count). The van der Waals surface area contributed by atoms with Crippen LogP contribution in [0.5, 0.6) is 0 Å². The van der Waals surface area contributed by atoms with Gasteiger partial charge < -0.3 is 9.74 Å². The second kappa shape index (κ2) is 12.1. The Labute approximate surface area is 288 Å². The molecular weight excluding hydrogens is 660 g/mol. The van der Waals surface area contributed by atoms with Gasteiger partial charge in [0.05, 0.1) is 10.3 Å². The summed E-state index contributed by atoms with van der Waals surface area (Å²) in [6.45, 7) is 8.75. The van der Waals surface area contributed by atoms with Crippen LogP contribution in [0.1, 0.15) is 70.4 Å². The fourth-order valence-electron chi connectivity index (χ4n) is 7.75. The Kier molecular flexibility index (Phi) is 8.30. The molecule has 4 aromatic rings. The van der Waals surface area contributed by atoms with Crippen molar-refractivity contribution in [1.29, 1.82) is 0 Å². The van der Waals surface area contributed by atoms with Crippen molar-refractivity contribution in [3.8, 4) is 0 Å². The molecule has 1 N–H and O–H groups in total. The van der Waals surface area contributed by atoms with E-state index in [0.717, 1.165) is 43.2 Å². The zero-order valence-electron chi connectivity index (χ0n) is 27.7. The first-order chi connectivity index (χ1) is 22.8. The summed E-state index contributed by atoms with van der Waals surface area (Å²) in [6, 6.07) is 26.0. The topological polar surface area (TPSA) is 101 Å². The molecule has 0 radical (unpaired) electrons. The van der Waals surface area contributed by atoms with Crippen molar-refractivity contribution < 1.29 is 17.6 Å². The number of hydrogen-bond acceptors (Lipinski definition) is 7. The van der Waals surface area contributed by atoms with Gasteiger partial charge in [-0.1, -0.05) is 87.5 Å². The van der Waals surface area contributed by atoms with E-state index in [1.165, 1.54) is 22.5 Å². The highest BCUT2D eigenvalue weighted by atomic mass is 35.7. The van der Waals surface area contributed by atoms with Crippen molar-refractivity contribution in [3.63, 3.8) is 0 Å². The predicted molar refractivity (Wildman–Crippen MR) is 193 cm³/mol. The summed E-state index contributed by atoms with van der Waals surface area (Å²) in [4.78, 5) is 25.7. The Morgan fingerprint density at radius 2 is 1.62 bits per heavy atom. The molecular formula is C37H41ClN4O4SSi. The highest BCUT2D eigenvalue weighted by Gasteiger charge is 2.62. The number of benzene rings is 3. The smallest absolute Gasteiger partial charge is 0.261 e. The third-order valence-electron chi connectivity index (χ3n) is 10.4. The van der Waals surface area contributed by atoms with Gasteiger partial charge in [0.15, 0.2) is 0 Å². The lowest BCUT2D eigenvalue weighted by molar-refractivity contribution is -0.121. The molecule has 2 heterocycles. The van der Waals surface area contributed by atoms with E-state index in [-0.39, 0.29) is 28.0 Å². The molecule has 2 fully saturated rings. The zero-order valence-corrected chi connectivity index (χ0v) is 30.3. The Hall–Kier alpha value is -3.57. The molecule has 48 heavy (non-hydrogen) atoms. The number of carbonyl (C=O) groups is 1. The summed E-state index contributed by atoms with van der Waals surface area (Å²) in [5.41, 5.74) is 1.67. The normalized spacial score (nSPS) is 20.5.